The maximum atomic E-state index is 11.3. The lowest BCUT2D eigenvalue weighted by Crippen LogP contribution is -2.37. The second kappa shape index (κ2) is 4.37. The Morgan fingerprint density at radius 1 is 1.47 bits per heavy atom. The minimum absolute atomic E-state index is 0.281. The van der Waals surface area contributed by atoms with Crippen molar-refractivity contribution in [2.45, 2.75) is 19.3 Å². The highest BCUT2D eigenvalue weighted by Gasteiger charge is 2.15. The molecule has 1 aliphatic rings. The van der Waals surface area contributed by atoms with Gasteiger partial charge in [0.05, 0.1) is 13.2 Å². The predicted octanol–water partition coefficient (Wildman–Crippen LogP) is -1.31. The van der Waals surface area contributed by atoms with Gasteiger partial charge in [-0.15, -0.1) is 0 Å². The molecule has 7 nitrogen and oxygen atoms in total. The molecule has 0 aliphatic carbocycles. The largest absolute Gasteiger partial charge is 0.350 e. The monoisotopic (exact) mass is 213 g/mol. The zero-order valence-corrected chi connectivity index (χ0v) is 8.01. The van der Waals surface area contributed by atoms with Crippen LogP contribution < -0.4 is 11.1 Å². The molecule has 0 spiro atoms. The summed E-state index contributed by atoms with van der Waals surface area (Å²) >= 11 is 0. The lowest BCUT2D eigenvalue weighted by atomic mass is 10.4. The van der Waals surface area contributed by atoms with Crippen molar-refractivity contribution in [2.75, 3.05) is 13.2 Å². The normalized spacial score (nSPS) is 17.1. The summed E-state index contributed by atoms with van der Waals surface area (Å²) < 4.78 is 11.6. The lowest BCUT2D eigenvalue weighted by molar-refractivity contribution is -0.0492. The van der Waals surface area contributed by atoms with Crippen LogP contribution in [-0.4, -0.2) is 34.3 Å². The van der Waals surface area contributed by atoms with Crippen molar-refractivity contribution in [3.8, 4) is 0 Å². The molecule has 2 heterocycles. The molecule has 1 aromatic heterocycles. The molecule has 2 rings (SSSR count). The van der Waals surface area contributed by atoms with E-state index in [-0.39, 0.29) is 6.29 Å². The molecule has 1 aliphatic heterocycles. The first kappa shape index (κ1) is 10.1. The molecular weight excluding hydrogens is 202 g/mol. The predicted molar refractivity (Wildman–Crippen MR) is 49.4 cm³/mol. The topological polar surface area (TPSA) is 86.2 Å². The number of H-pyrrole nitrogens is 1. The van der Waals surface area contributed by atoms with Crippen molar-refractivity contribution in [1.82, 2.24) is 14.8 Å². The summed E-state index contributed by atoms with van der Waals surface area (Å²) in [6.45, 7) is 1.51. The summed E-state index contributed by atoms with van der Waals surface area (Å²) in [7, 11) is 0. The minimum Gasteiger partial charge on any atom is -0.350 e. The van der Waals surface area contributed by atoms with Crippen LogP contribution in [0.15, 0.2) is 15.9 Å². The first-order valence-electron chi connectivity index (χ1n) is 4.65. The van der Waals surface area contributed by atoms with Crippen LogP contribution in [0.2, 0.25) is 0 Å². The van der Waals surface area contributed by atoms with E-state index in [0.29, 0.717) is 26.2 Å². The van der Waals surface area contributed by atoms with E-state index in [2.05, 4.69) is 10.2 Å². The molecule has 7 heteroatoms. The zero-order chi connectivity index (χ0) is 10.7. The van der Waals surface area contributed by atoms with Crippen molar-refractivity contribution in [3.05, 3.63) is 27.0 Å². The van der Waals surface area contributed by atoms with Gasteiger partial charge in [0, 0.05) is 13.0 Å². The van der Waals surface area contributed by atoms with Crippen LogP contribution in [0.3, 0.4) is 0 Å². The number of aromatic amines is 1. The quantitative estimate of drug-likeness (QED) is 0.630. The van der Waals surface area contributed by atoms with E-state index in [1.54, 1.807) is 0 Å². The van der Waals surface area contributed by atoms with Gasteiger partial charge in [-0.2, -0.15) is 5.10 Å². The Labute approximate surface area is 84.6 Å². The van der Waals surface area contributed by atoms with Gasteiger partial charge in [0.2, 0.25) is 0 Å². The van der Waals surface area contributed by atoms with Gasteiger partial charge in [-0.3, -0.25) is 14.2 Å². The highest BCUT2D eigenvalue weighted by atomic mass is 16.7. The number of nitrogens with zero attached hydrogens (tertiary/aromatic N) is 2. The van der Waals surface area contributed by atoms with E-state index in [9.17, 15) is 9.59 Å². The van der Waals surface area contributed by atoms with Crippen LogP contribution in [0, 0.1) is 0 Å². The fraction of sp³-hybridized carbons (Fsp3) is 0.625. The zero-order valence-electron chi connectivity index (χ0n) is 8.01. The molecule has 1 aromatic rings. The molecule has 1 saturated heterocycles. The molecule has 1 fully saturated rings. The number of ether oxygens (including phenoxy) is 2. The summed E-state index contributed by atoms with van der Waals surface area (Å²) in [5.74, 6) is 0. The van der Waals surface area contributed by atoms with Crippen molar-refractivity contribution in [3.63, 3.8) is 0 Å². The van der Waals surface area contributed by atoms with E-state index in [0.717, 1.165) is 0 Å². The SMILES string of the molecule is O=c1[nH]ncn(CCC2OCCO2)c1=O. The van der Waals surface area contributed by atoms with E-state index in [4.69, 9.17) is 9.47 Å². The van der Waals surface area contributed by atoms with Gasteiger partial charge in [-0.1, -0.05) is 0 Å². The molecule has 0 saturated carbocycles. The fourth-order valence-corrected chi connectivity index (χ4v) is 1.37. The number of hydrogen-bond donors (Lipinski definition) is 1. The second-order valence-electron chi connectivity index (χ2n) is 3.14. The Hall–Kier alpha value is -1.47. The van der Waals surface area contributed by atoms with Crippen molar-refractivity contribution in [2.24, 2.45) is 0 Å². The van der Waals surface area contributed by atoms with Gasteiger partial charge in [0.25, 0.3) is 0 Å². The molecule has 15 heavy (non-hydrogen) atoms. The smallest absolute Gasteiger partial charge is 0.330 e. The Morgan fingerprint density at radius 2 is 2.20 bits per heavy atom. The minimum atomic E-state index is -0.717. The summed E-state index contributed by atoms with van der Waals surface area (Å²) in [6, 6.07) is 0. The number of aromatic nitrogens is 3. The Bertz CT molecular complexity index is 432. The molecular formula is C8H11N3O4. The number of aryl methyl sites for hydroxylation is 1. The van der Waals surface area contributed by atoms with Gasteiger partial charge < -0.3 is 9.47 Å². The average molecular weight is 213 g/mol. The molecule has 82 valence electrons. The third-order valence-electron chi connectivity index (χ3n) is 2.11. The molecule has 0 radical (unpaired) electrons. The molecule has 0 bridgehead atoms. The number of hydrogen-bond acceptors (Lipinski definition) is 5. The molecule has 1 N–H and O–H groups in total. The summed E-state index contributed by atoms with van der Waals surface area (Å²) in [6.07, 6.45) is 1.54. The van der Waals surface area contributed by atoms with Crippen LogP contribution in [0.4, 0.5) is 0 Å². The molecule has 0 aromatic carbocycles. The Balaban J connectivity index is 2.01. The molecule has 0 unspecified atom stereocenters. The van der Waals surface area contributed by atoms with Gasteiger partial charge in [0.1, 0.15) is 6.33 Å². The first-order chi connectivity index (χ1) is 7.27. The van der Waals surface area contributed by atoms with Crippen LogP contribution in [0.5, 0.6) is 0 Å². The van der Waals surface area contributed by atoms with Crippen LogP contribution in [-0.2, 0) is 16.0 Å². The highest BCUT2D eigenvalue weighted by Crippen LogP contribution is 2.07. The molecule has 0 amide bonds. The lowest BCUT2D eigenvalue weighted by Gasteiger charge is -2.08. The fourth-order valence-electron chi connectivity index (χ4n) is 1.37. The first-order valence-corrected chi connectivity index (χ1v) is 4.65. The third kappa shape index (κ3) is 2.31. The van der Waals surface area contributed by atoms with Crippen molar-refractivity contribution < 1.29 is 9.47 Å². The summed E-state index contributed by atoms with van der Waals surface area (Å²) in [4.78, 5) is 22.2. The van der Waals surface area contributed by atoms with Crippen LogP contribution in [0.25, 0.3) is 0 Å². The number of rotatable bonds is 3. The van der Waals surface area contributed by atoms with Crippen LogP contribution in [0.1, 0.15) is 6.42 Å². The van der Waals surface area contributed by atoms with Crippen molar-refractivity contribution in [1.29, 1.82) is 0 Å². The number of nitrogens with one attached hydrogen (secondary N) is 1. The standard InChI is InChI=1S/C8H11N3O4/c12-7-8(13)11(5-9-10-7)2-1-6-14-3-4-15-6/h5-6H,1-4H2,(H,10,12). The van der Waals surface area contributed by atoms with Gasteiger partial charge in [-0.05, 0) is 0 Å². The van der Waals surface area contributed by atoms with E-state index < -0.39 is 11.1 Å². The van der Waals surface area contributed by atoms with E-state index in [1.165, 1.54) is 10.9 Å². The maximum Gasteiger partial charge on any atom is 0.330 e. The van der Waals surface area contributed by atoms with Gasteiger partial charge >= 0.3 is 11.1 Å². The van der Waals surface area contributed by atoms with Gasteiger partial charge in [-0.25, -0.2) is 5.10 Å². The average Bonchev–Trinajstić information content (AvgIpc) is 2.73. The highest BCUT2D eigenvalue weighted by molar-refractivity contribution is 4.74. The van der Waals surface area contributed by atoms with Crippen molar-refractivity contribution >= 4 is 0 Å². The maximum absolute atomic E-state index is 11.3. The molecule has 0 atom stereocenters. The third-order valence-corrected chi connectivity index (χ3v) is 2.11. The van der Waals surface area contributed by atoms with Gasteiger partial charge in [0.15, 0.2) is 6.29 Å². The Kier molecular flexibility index (Phi) is 2.93. The summed E-state index contributed by atoms with van der Waals surface area (Å²) in [5.41, 5.74) is -1.33. The van der Waals surface area contributed by atoms with Crippen LogP contribution >= 0.6 is 0 Å². The van der Waals surface area contributed by atoms with E-state index >= 15 is 0 Å². The van der Waals surface area contributed by atoms with E-state index in [1.807, 2.05) is 0 Å². The summed E-state index contributed by atoms with van der Waals surface area (Å²) in [5, 5.41) is 5.60. The second-order valence-corrected chi connectivity index (χ2v) is 3.14. The Morgan fingerprint density at radius 3 is 2.93 bits per heavy atom.